The average Bonchev–Trinajstić information content (AvgIpc) is 2.87. The van der Waals surface area contributed by atoms with Gasteiger partial charge in [0.2, 0.25) is 0 Å². The van der Waals surface area contributed by atoms with Crippen molar-refractivity contribution in [1.29, 1.82) is 5.26 Å². The monoisotopic (exact) mass is 461 g/mol. The van der Waals surface area contributed by atoms with Crippen LogP contribution in [0.25, 0.3) is 0 Å². The third-order valence-corrected chi connectivity index (χ3v) is 4.57. The topological polar surface area (TPSA) is 119 Å². The highest BCUT2D eigenvalue weighted by Crippen LogP contribution is 2.28. The second-order valence-corrected chi connectivity index (χ2v) is 6.86. The minimum Gasteiger partial charge on any atom is -0.497 e. The van der Waals surface area contributed by atoms with Crippen molar-refractivity contribution in [1.82, 2.24) is 0 Å². The molecule has 9 heteroatoms. The maximum Gasteiger partial charge on any atom is 0.262 e. The van der Waals surface area contributed by atoms with Crippen molar-refractivity contribution >= 4 is 23.2 Å². The van der Waals surface area contributed by atoms with E-state index in [1.54, 1.807) is 67.8 Å². The second kappa shape index (κ2) is 11.8. The zero-order valence-corrected chi connectivity index (χ0v) is 18.7. The highest BCUT2D eigenvalue weighted by molar-refractivity contribution is 6.04. The van der Waals surface area contributed by atoms with Gasteiger partial charge in [0.05, 0.1) is 14.2 Å². The van der Waals surface area contributed by atoms with Crippen molar-refractivity contribution in [3.8, 4) is 29.1 Å². The minimum atomic E-state index is -0.354. The van der Waals surface area contributed by atoms with Crippen LogP contribution in [-0.4, -0.2) is 39.2 Å². The number of nitrogens with one attached hydrogen (secondary N) is 2. The van der Waals surface area contributed by atoms with Gasteiger partial charge in [0.15, 0.2) is 24.7 Å². The summed E-state index contributed by atoms with van der Waals surface area (Å²) in [6, 6.07) is 20.1. The summed E-state index contributed by atoms with van der Waals surface area (Å²) in [7, 11) is 3.01. The summed E-state index contributed by atoms with van der Waals surface area (Å²) in [6.07, 6.45) is 0. The number of carbonyl (C=O) groups is 2. The fourth-order valence-corrected chi connectivity index (χ4v) is 2.90. The SMILES string of the molecule is COc1ccc(NC(=O)COc2ccc(C(=O)Nc3ccc(OCC#N)cc3)cc2OC)cc1. The molecule has 0 unspecified atom stereocenters. The zero-order chi connectivity index (χ0) is 24.3. The lowest BCUT2D eigenvalue weighted by Gasteiger charge is -2.13. The van der Waals surface area contributed by atoms with E-state index in [9.17, 15) is 9.59 Å². The first-order valence-corrected chi connectivity index (χ1v) is 10.2. The Balaban J connectivity index is 1.58. The Labute approximate surface area is 196 Å². The van der Waals surface area contributed by atoms with Crippen LogP contribution < -0.4 is 29.6 Å². The maximum absolute atomic E-state index is 12.6. The van der Waals surface area contributed by atoms with Gasteiger partial charge in [-0.15, -0.1) is 0 Å². The van der Waals surface area contributed by atoms with Crippen LogP contribution in [0.1, 0.15) is 10.4 Å². The van der Waals surface area contributed by atoms with Gasteiger partial charge in [0, 0.05) is 16.9 Å². The van der Waals surface area contributed by atoms with Gasteiger partial charge in [-0.3, -0.25) is 9.59 Å². The minimum absolute atomic E-state index is 0.0525. The molecule has 0 spiro atoms. The normalized spacial score (nSPS) is 9.91. The standard InChI is InChI=1S/C25H23N3O6/c1-31-20-8-4-18(5-9-20)27-24(29)16-34-22-12-3-17(15-23(22)32-2)25(30)28-19-6-10-21(11-7-19)33-14-13-26/h3-12,15H,14,16H2,1-2H3,(H,27,29)(H,28,30). The Morgan fingerprint density at radius 3 is 2.06 bits per heavy atom. The molecule has 2 N–H and O–H groups in total. The summed E-state index contributed by atoms with van der Waals surface area (Å²) in [4.78, 5) is 24.8. The number of anilines is 2. The van der Waals surface area contributed by atoms with Crippen LogP contribution in [0.5, 0.6) is 23.0 Å². The molecule has 2 amide bonds. The first kappa shape index (κ1) is 23.9. The average molecular weight is 461 g/mol. The Kier molecular flexibility index (Phi) is 8.30. The number of hydrogen-bond acceptors (Lipinski definition) is 7. The first-order valence-electron chi connectivity index (χ1n) is 10.2. The molecule has 0 aliphatic carbocycles. The number of benzene rings is 3. The van der Waals surface area contributed by atoms with Gasteiger partial charge >= 0.3 is 0 Å². The molecule has 0 saturated heterocycles. The van der Waals surface area contributed by atoms with E-state index in [4.69, 9.17) is 24.2 Å². The van der Waals surface area contributed by atoms with Gasteiger partial charge in [0.1, 0.15) is 17.6 Å². The van der Waals surface area contributed by atoms with Crippen LogP contribution >= 0.6 is 0 Å². The summed E-state index contributed by atoms with van der Waals surface area (Å²) in [5, 5.41) is 14.0. The molecule has 0 aliphatic heterocycles. The molecule has 0 heterocycles. The van der Waals surface area contributed by atoms with Crippen LogP contribution in [0, 0.1) is 11.3 Å². The van der Waals surface area contributed by atoms with Crippen molar-refractivity contribution < 1.29 is 28.5 Å². The molecule has 0 aliphatic rings. The molecular weight excluding hydrogens is 438 g/mol. The van der Waals surface area contributed by atoms with E-state index in [0.29, 0.717) is 39.9 Å². The Bertz CT molecular complexity index is 1170. The molecule has 3 aromatic rings. The van der Waals surface area contributed by atoms with Gasteiger partial charge in [-0.25, -0.2) is 0 Å². The van der Waals surface area contributed by atoms with Gasteiger partial charge in [-0.1, -0.05) is 0 Å². The van der Waals surface area contributed by atoms with Gasteiger partial charge < -0.3 is 29.6 Å². The van der Waals surface area contributed by atoms with Crippen molar-refractivity contribution in [3.05, 3.63) is 72.3 Å². The molecule has 0 atom stereocenters. The largest absolute Gasteiger partial charge is 0.497 e. The summed E-state index contributed by atoms with van der Waals surface area (Å²) in [6.45, 7) is -0.294. The number of hydrogen-bond donors (Lipinski definition) is 2. The third kappa shape index (κ3) is 6.64. The molecule has 3 rings (SSSR count). The molecule has 0 radical (unpaired) electrons. The van der Waals surface area contributed by atoms with E-state index in [-0.39, 0.29) is 25.0 Å². The predicted octanol–water partition coefficient (Wildman–Crippen LogP) is 3.88. The van der Waals surface area contributed by atoms with Crippen LogP contribution in [0.15, 0.2) is 66.7 Å². The summed E-state index contributed by atoms with van der Waals surface area (Å²) < 4.78 is 21.2. The van der Waals surface area contributed by atoms with E-state index >= 15 is 0 Å². The molecule has 34 heavy (non-hydrogen) atoms. The van der Waals surface area contributed by atoms with E-state index in [1.165, 1.54) is 13.2 Å². The van der Waals surface area contributed by atoms with E-state index in [1.807, 2.05) is 6.07 Å². The number of ether oxygens (including phenoxy) is 4. The molecule has 3 aromatic carbocycles. The molecular formula is C25H23N3O6. The molecule has 0 saturated carbocycles. The lowest BCUT2D eigenvalue weighted by Crippen LogP contribution is -2.20. The Hall–Kier alpha value is -4.71. The van der Waals surface area contributed by atoms with Crippen LogP contribution in [0.4, 0.5) is 11.4 Å². The van der Waals surface area contributed by atoms with Crippen molar-refractivity contribution in [2.75, 3.05) is 38.1 Å². The number of amides is 2. The third-order valence-electron chi connectivity index (χ3n) is 4.57. The smallest absolute Gasteiger partial charge is 0.262 e. The highest BCUT2D eigenvalue weighted by atomic mass is 16.5. The van der Waals surface area contributed by atoms with Crippen molar-refractivity contribution in [3.63, 3.8) is 0 Å². The fourth-order valence-electron chi connectivity index (χ4n) is 2.90. The lowest BCUT2D eigenvalue weighted by atomic mass is 10.2. The quantitative estimate of drug-likeness (QED) is 0.470. The van der Waals surface area contributed by atoms with Crippen molar-refractivity contribution in [2.24, 2.45) is 0 Å². The number of rotatable bonds is 10. The maximum atomic E-state index is 12.6. The summed E-state index contributed by atoms with van der Waals surface area (Å²) in [5.41, 5.74) is 1.51. The Morgan fingerprint density at radius 2 is 1.44 bits per heavy atom. The summed E-state index contributed by atoms with van der Waals surface area (Å²) in [5.74, 6) is 1.14. The number of carbonyl (C=O) groups excluding carboxylic acids is 2. The molecule has 9 nitrogen and oxygen atoms in total. The van der Waals surface area contributed by atoms with E-state index < -0.39 is 0 Å². The van der Waals surface area contributed by atoms with Gasteiger partial charge in [-0.05, 0) is 66.7 Å². The van der Waals surface area contributed by atoms with Crippen LogP contribution in [0.2, 0.25) is 0 Å². The lowest BCUT2D eigenvalue weighted by molar-refractivity contribution is -0.118. The number of nitriles is 1. The van der Waals surface area contributed by atoms with Gasteiger partial charge in [0.25, 0.3) is 11.8 Å². The predicted molar refractivity (Wildman–Crippen MR) is 126 cm³/mol. The summed E-state index contributed by atoms with van der Waals surface area (Å²) >= 11 is 0. The number of nitrogens with zero attached hydrogens (tertiary/aromatic N) is 1. The zero-order valence-electron chi connectivity index (χ0n) is 18.7. The van der Waals surface area contributed by atoms with Crippen LogP contribution in [-0.2, 0) is 4.79 Å². The number of methoxy groups -OCH3 is 2. The van der Waals surface area contributed by atoms with Crippen LogP contribution in [0.3, 0.4) is 0 Å². The van der Waals surface area contributed by atoms with Crippen molar-refractivity contribution in [2.45, 2.75) is 0 Å². The molecule has 0 fully saturated rings. The molecule has 174 valence electrons. The van der Waals surface area contributed by atoms with E-state index in [0.717, 1.165) is 0 Å². The Morgan fingerprint density at radius 1 is 0.794 bits per heavy atom. The van der Waals surface area contributed by atoms with Gasteiger partial charge in [-0.2, -0.15) is 5.26 Å². The molecule has 0 aromatic heterocycles. The highest BCUT2D eigenvalue weighted by Gasteiger charge is 2.13. The first-order chi connectivity index (χ1) is 16.5. The fraction of sp³-hybridized carbons (Fsp3) is 0.160. The van der Waals surface area contributed by atoms with E-state index in [2.05, 4.69) is 10.6 Å². The molecule has 0 bridgehead atoms. The second-order valence-electron chi connectivity index (χ2n) is 6.86.